The summed E-state index contributed by atoms with van der Waals surface area (Å²) in [5.41, 5.74) is 0. The SMILES string of the molecule is CC/C=C\C/C=C\C/C=C\C/C=C\C/C=C\C/C=C\CCC(=O)OC[C@H](COP(=O)(O)OC[C@@H](O)COP(=O)(O)OC[C@@H](COC(=O)CC/C=C\C/C=C\C/C=C\C/C=C\C/C=C\CCCCC)OC(=O)CC/C=C\C/C=C\C/C=C\C/C=C\C/C=C\CCCCC)OC(=O)CCCCCCC/C=C\CCCCCCCC. The lowest BCUT2D eigenvalue weighted by Gasteiger charge is -2.21. The number of hydrogen-bond donors (Lipinski definition) is 3. The number of rotatable bonds is 77. The third-order valence-electron chi connectivity index (χ3n) is 16.7. The molecule has 632 valence electrons. The molecule has 2 unspecified atom stereocenters. The molecule has 0 heterocycles. The number of unbranched alkanes of at least 4 members (excludes halogenated alkanes) is 17. The topological polar surface area (TPSA) is 237 Å². The van der Waals surface area contributed by atoms with Crippen LogP contribution in [0.25, 0.3) is 0 Å². The lowest BCUT2D eigenvalue weighted by atomic mass is 10.1. The first-order chi connectivity index (χ1) is 54.7. The molecule has 0 fully saturated rings. The highest BCUT2D eigenvalue weighted by atomic mass is 31.2. The maximum Gasteiger partial charge on any atom is 0.472 e. The zero-order valence-corrected chi connectivity index (χ0v) is 71.0. The molecule has 17 nitrogen and oxygen atoms in total. The van der Waals surface area contributed by atoms with Crippen LogP contribution in [0.1, 0.15) is 297 Å². The van der Waals surface area contributed by atoms with Crippen molar-refractivity contribution in [3.05, 3.63) is 207 Å². The van der Waals surface area contributed by atoms with E-state index in [-0.39, 0.29) is 25.7 Å². The molecule has 0 aromatic heterocycles. The van der Waals surface area contributed by atoms with Gasteiger partial charge in [0.15, 0.2) is 12.2 Å². The Morgan fingerprint density at radius 2 is 0.482 bits per heavy atom. The number of aliphatic hydroxyl groups is 1. The van der Waals surface area contributed by atoms with Crippen molar-refractivity contribution in [2.75, 3.05) is 39.6 Å². The fourth-order valence-corrected chi connectivity index (χ4v) is 11.9. The van der Waals surface area contributed by atoms with E-state index >= 15 is 0 Å². The summed E-state index contributed by atoms with van der Waals surface area (Å²) in [6, 6.07) is 0. The highest BCUT2D eigenvalue weighted by Crippen LogP contribution is 2.45. The largest absolute Gasteiger partial charge is 0.472 e. The number of hydrogen-bond acceptors (Lipinski definition) is 15. The minimum absolute atomic E-state index is 0.0127. The van der Waals surface area contributed by atoms with E-state index in [2.05, 4.69) is 180 Å². The van der Waals surface area contributed by atoms with Crippen molar-refractivity contribution in [3.8, 4) is 0 Å². The molecule has 0 saturated carbocycles. The number of aliphatic hydroxyl groups excluding tert-OH is 1. The first kappa shape index (κ1) is 106. The van der Waals surface area contributed by atoms with Gasteiger partial charge in [-0.05, 0) is 167 Å². The summed E-state index contributed by atoms with van der Waals surface area (Å²) in [4.78, 5) is 73.1. The smallest absolute Gasteiger partial charge is 0.462 e. The van der Waals surface area contributed by atoms with Crippen LogP contribution in [-0.4, -0.2) is 96.7 Å². The zero-order valence-electron chi connectivity index (χ0n) is 69.3. The zero-order chi connectivity index (χ0) is 81.7. The molecule has 0 spiro atoms. The molecule has 19 heteroatoms. The minimum atomic E-state index is -5.03. The number of phosphoric ester groups is 2. The van der Waals surface area contributed by atoms with Gasteiger partial charge in [-0.3, -0.25) is 37.3 Å². The van der Waals surface area contributed by atoms with Gasteiger partial charge in [0.05, 0.1) is 26.4 Å². The monoisotopic (exact) mass is 1600 g/mol. The van der Waals surface area contributed by atoms with Crippen LogP contribution in [0.3, 0.4) is 0 Å². The van der Waals surface area contributed by atoms with Gasteiger partial charge in [-0.1, -0.05) is 311 Å². The van der Waals surface area contributed by atoms with Crippen molar-refractivity contribution in [2.24, 2.45) is 0 Å². The molecule has 112 heavy (non-hydrogen) atoms. The number of esters is 4. The quantitative estimate of drug-likeness (QED) is 0.0169. The number of allylic oxidation sites excluding steroid dienone is 34. The van der Waals surface area contributed by atoms with Gasteiger partial charge in [0, 0.05) is 25.7 Å². The summed E-state index contributed by atoms with van der Waals surface area (Å²) in [6.45, 7) is 4.42. The van der Waals surface area contributed by atoms with Crippen molar-refractivity contribution < 1.29 is 80.2 Å². The third kappa shape index (κ3) is 81.6. The minimum Gasteiger partial charge on any atom is -0.462 e. The molecule has 0 saturated heterocycles. The van der Waals surface area contributed by atoms with E-state index in [0.29, 0.717) is 44.9 Å². The van der Waals surface area contributed by atoms with Gasteiger partial charge in [0.2, 0.25) is 0 Å². The molecule has 0 aliphatic rings. The van der Waals surface area contributed by atoms with E-state index in [1.807, 2.05) is 54.7 Å². The summed E-state index contributed by atoms with van der Waals surface area (Å²) in [6.07, 6.45) is 104. The first-order valence-electron chi connectivity index (χ1n) is 42.3. The Bertz CT molecular complexity index is 2940. The third-order valence-corrected chi connectivity index (χ3v) is 18.6. The van der Waals surface area contributed by atoms with Gasteiger partial charge in [-0.15, -0.1) is 0 Å². The highest BCUT2D eigenvalue weighted by Gasteiger charge is 2.30. The Balaban J connectivity index is 5.60. The van der Waals surface area contributed by atoms with Crippen LogP contribution >= 0.6 is 15.6 Å². The second kappa shape index (κ2) is 82.6. The van der Waals surface area contributed by atoms with E-state index in [9.17, 15) is 43.2 Å². The molecule has 3 N–H and O–H groups in total. The first-order valence-corrected chi connectivity index (χ1v) is 45.3. The van der Waals surface area contributed by atoms with Gasteiger partial charge < -0.3 is 33.8 Å². The maximum absolute atomic E-state index is 13.1. The summed E-state index contributed by atoms with van der Waals surface area (Å²) in [5, 5.41) is 10.7. The van der Waals surface area contributed by atoms with E-state index in [0.717, 1.165) is 122 Å². The molecule has 0 aliphatic heterocycles. The van der Waals surface area contributed by atoms with E-state index in [1.54, 1.807) is 0 Å². The molecular formula is C93H148O17P2. The number of ether oxygens (including phenoxy) is 4. The average molecular weight is 1600 g/mol. The number of carbonyl (C=O) groups is 4. The van der Waals surface area contributed by atoms with Crippen LogP contribution in [-0.2, 0) is 65.4 Å². The van der Waals surface area contributed by atoms with Crippen LogP contribution in [0.2, 0.25) is 0 Å². The van der Waals surface area contributed by atoms with Crippen molar-refractivity contribution in [1.82, 2.24) is 0 Å². The van der Waals surface area contributed by atoms with E-state index in [1.165, 1.54) is 77.0 Å². The summed E-state index contributed by atoms with van der Waals surface area (Å²) in [5.74, 6) is -2.50. The molecule has 0 amide bonds. The van der Waals surface area contributed by atoms with Crippen LogP contribution < -0.4 is 0 Å². The van der Waals surface area contributed by atoms with Crippen molar-refractivity contribution in [2.45, 2.75) is 316 Å². The van der Waals surface area contributed by atoms with Crippen molar-refractivity contribution >= 4 is 39.5 Å². The highest BCUT2D eigenvalue weighted by molar-refractivity contribution is 7.47. The van der Waals surface area contributed by atoms with Crippen LogP contribution in [0.4, 0.5) is 0 Å². The molecular weight excluding hydrogens is 1450 g/mol. The summed E-state index contributed by atoms with van der Waals surface area (Å²) < 4.78 is 68.5. The lowest BCUT2D eigenvalue weighted by molar-refractivity contribution is -0.161. The van der Waals surface area contributed by atoms with Gasteiger partial charge >= 0.3 is 39.5 Å². The van der Waals surface area contributed by atoms with E-state index in [4.69, 9.17) is 37.0 Å². The second-order valence-corrected chi connectivity index (χ2v) is 30.2. The molecule has 0 bridgehead atoms. The fourth-order valence-electron chi connectivity index (χ4n) is 10.3. The average Bonchev–Trinajstić information content (AvgIpc) is 0.898. The van der Waals surface area contributed by atoms with Crippen molar-refractivity contribution in [3.63, 3.8) is 0 Å². The van der Waals surface area contributed by atoms with E-state index < -0.39 is 97.5 Å². The lowest BCUT2D eigenvalue weighted by Crippen LogP contribution is -2.30. The summed E-state index contributed by atoms with van der Waals surface area (Å²) >= 11 is 0. The fraction of sp³-hybridized carbons (Fsp3) is 0.591. The van der Waals surface area contributed by atoms with Crippen LogP contribution in [0.5, 0.6) is 0 Å². The molecule has 5 atom stereocenters. The molecule has 0 aromatic carbocycles. The Morgan fingerprint density at radius 1 is 0.259 bits per heavy atom. The number of phosphoric acid groups is 2. The van der Waals surface area contributed by atoms with Crippen LogP contribution in [0.15, 0.2) is 207 Å². The molecule has 0 aromatic rings. The second-order valence-electron chi connectivity index (χ2n) is 27.3. The molecule has 0 aliphatic carbocycles. The number of carbonyl (C=O) groups excluding carboxylic acids is 4. The van der Waals surface area contributed by atoms with Gasteiger partial charge in [0.1, 0.15) is 19.3 Å². The van der Waals surface area contributed by atoms with Crippen LogP contribution in [0, 0.1) is 0 Å². The summed E-state index contributed by atoms with van der Waals surface area (Å²) in [7, 11) is -10.1. The Kier molecular flexibility index (Phi) is 77.9. The predicted octanol–water partition coefficient (Wildman–Crippen LogP) is 25.4. The molecule has 0 rings (SSSR count). The predicted molar refractivity (Wildman–Crippen MR) is 463 cm³/mol. The Hall–Kier alpha value is -6.36. The maximum atomic E-state index is 13.1. The Morgan fingerprint density at radius 3 is 0.795 bits per heavy atom. The Labute approximate surface area is 678 Å². The van der Waals surface area contributed by atoms with Gasteiger partial charge in [-0.2, -0.15) is 0 Å². The van der Waals surface area contributed by atoms with Gasteiger partial charge in [-0.25, -0.2) is 9.13 Å². The van der Waals surface area contributed by atoms with Gasteiger partial charge in [0.25, 0.3) is 0 Å². The normalized spacial score (nSPS) is 14.8. The molecule has 0 radical (unpaired) electrons. The van der Waals surface area contributed by atoms with Crippen molar-refractivity contribution in [1.29, 1.82) is 0 Å². The standard InChI is InChI=1S/C93H148O17P2/c1-5-9-13-17-21-25-29-33-37-40-43-46-50-53-57-61-65-69-73-77-90(95)103-83-88(109-92(97)79-75-71-67-63-59-55-49-36-32-28-24-20-16-12-8-4)85-107-111(99,100)105-81-87(94)82-106-112(101,102)108-86-89(110-93(98)80-76-72-68-64-60-56-52-48-45-42-39-35-31-27-23-19-15-11-7-3)84-104-91(96)78-74-70-66-62-58-54-51-47-44-41-38-34-30-26-22-18-14-10-6-2/h9,13,21-23,25-27,33-39,43-49,53-54,56-58,60,65-66,68-70,72,87-89,94H,5-8,10-12,14-20,24,28-32,40-42,50-52,55,59,61-64,67,71,73-86H2,1-4H3,(H,99,100)(H,101,102)/b13-9-,25-21-,26-22-,27-23-,37-33-,38-34-,39-35-,46-43-,47-44-,48-45-,49-36-,57-53-,58-54-,60-56-,69-65-,70-66-,72-68-/t87-,88-,89-/m1/s1.